The molecule has 2 heterocycles. The van der Waals surface area contributed by atoms with E-state index in [1.165, 1.54) is 6.92 Å². The standard InChI is InChI=1S/C10H13NO4/c1-4-5(2)6(12)10-7(15-10)9(3,14)11-8(10)13/h4,7,14H,1-3H3,(H,11,13)/b5-4+/t7-,9?,10+/m0/s1. The molecule has 0 aromatic rings. The van der Waals surface area contributed by atoms with Gasteiger partial charge in [0.2, 0.25) is 11.4 Å². The smallest absolute Gasteiger partial charge is 0.265 e. The van der Waals surface area contributed by atoms with E-state index in [9.17, 15) is 14.7 Å². The van der Waals surface area contributed by atoms with Gasteiger partial charge in [-0.25, -0.2) is 0 Å². The number of nitrogens with one attached hydrogen (secondary N) is 1. The van der Waals surface area contributed by atoms with E-state index in [0.717, 1.165) is 0 Å². The quantitative estimate of drug-likeness (QED) is 0.366. The van der Waals surface area contributed by atoms with Gasteiger partial charge in [0.15, 0.2) is 11.8 Å². The zero-order valence-electron chi connectivity index (χ0n) is 8.83. The first-order chi connectivity index (χ1) is 6.86. The molecule has 2 aliphatic heterocycles. The summed E-state index contributed by atoms with van der Waals surface area (Å²) in [5.41, 5.74) is -2.45. The number of allylic oxidation sites excluding steroid dienone is 1. The van der Waals surface area contributed by atoms with Crippen molar-refractivity contribution in [3.63, 3.8) is 0 Å². The van der Waals surface area contributed by atoms with E-state index < -0.39 is 23.3 Å². The molecule has 5 nitrogen and oxygen atoms in total. The summed E-state index contributed by atoms with van der Waals surface area (Å²) in [7, 11) is 0. The van der Waals surface area contributed by atoms with Crippen molar-refractivity contribution >= 4 is 11.7 Å². The first-order valence-corrected chi connectivity index (χ1v) is 4.77. The van der Waals surface area contributed by atoms with Gasteiger partial charge in [0.25, 0.3) is 5.91 Å². The van der Waals surface area contributed by atoms with Gasteiger partial charge in [-0.15, -0.1) is 0 Å². The first-order valence-electron chi connectivity index (χ1n) is 4.77. The van der Waals surface area contributed by atoms with Gasteiger partial charge < -0.3 is 15.2 Å². The molecule has 3 atom stereocenters. The monoisotopic (exact) mass is 211 g/mol. The molecule has 0 saturated carbocycles. The van der Waals surface area contributed by atoms with E-state index in [2.05, 4.69) is 5.32 Å². The molecule has 0 spiro atoms. The minimum atomic E-state index is -1.47. The van der Waals surface area contributed by atoms with Gasteiger partial charge in [-0.1, -0.05) is 6.08 Å². The highest BCUT2D eigenvalue weighted by molar-refractivity contribution is 6.21. The van der Waals surface area contributed by atoms with E-state index in [1.54, 1.807) is 19.9 Å². The number of amides is 1. The highest BCUT2D eigenvalue weighted by Crippen LogP contribution is 2.49. The summed E-state index contributed by atoms with van der Waals surface area (Å²) in [6.07, 6.45) is 0.857. The van der Waals surface area contributed by atoms with Crippen LogP contribution in [-0.4, -0.2) is 34.2 Å². The SMILES string of the molecule is C/C=C(\C)C(=O)[C@@]12O[C@H]1C(C)(O)NC2=O. The molecule has 2 aliphatic rings. The fourth-order valence-electron chi connectivity index (χ4n) is 1.92. The summed E-state index contributed by atoms with van der Waals surface area (Å²) in [6.45, 7) is 4.75. The summed E-state index contributed by atoms with van der Waals surface area (Å²) in [5.74, 6) is -0.922. The number of epoxide rings is 1. The van der Waals surface area contributed by atoms with E-state index in [4.69, 9.17) is 4.74 Å². The van der Waals surface area contributed by atoms with E-state index in [0.29, 0.717) is 5.57 Å². The molecule has 0 aromatic heterocycles. The van der Waals surface area contributed by atoms with E-state index in [-0.39, 0.29) is 5.78 Å². The van der Waals surface area contributed by atoms with Crippen molar-refractivity contribution in [2.75, 3.05) is 0 Å². The second-order valence-corrected chi connectivity index (χ2v) is 4.14. The van der Waals surface area contributed by atoms with Crippen molar-refractivity contribution in [1.29, 1.82) is 0 Å². The minimum absolute atomic E-state index is 0.370. The number of hydrogen-bond donors (Lipinski definition) is 2. The number of rotatable bonds is 2. The molecule has 2 N–H and O–H groups in total. The predicted molar refractivity (Wildman–Crippen MR) is 50.8 cm³/mol. The molecule has 2 saturated heterocycles. The fourth-order valence-corrected chi connectivity index (χ4v) is 1.92. The second-order valence-electron chi connectivity index (χ2n) is 4.14. The van der Waals surface area contributed by atoms with Crippen molar-refractivity contribution in [1.82, 2.24) is 5.32 Å². The van der Waals surface area contributed by atoms with E-state index in [1.807, 2.05) is 0 Å². The van der Waals surface area contributed by atoms with Crippen LogP contribution in [0.1, 0.15) is 20.8 Å². The Morgan fingerprint density at radius 2 is 2.27 bits per heavy atom. The zero-order valence-corrected chi connectivity index (χ0v) is 8.83. The van der Waals surface area contributed by atoms with Gasteiger partial charge in [-0.2, -0.15) is 0 Å². The Kier molecular flexibility index (Phi) is 1.84. The van der Waals surface area contributed by atoms with Crippen LogP contribution >= 0.6 is 0 Å². The summed E-state index contributed by atoms with van der Waals surface area (Å²) in [6, 6.07) is 0. The van der Waals surface area contributed by atoms with Crippen molar-refractivity contribution in [3.05, 3.63) is 11.6 Å². The Bertz CT molecular complexity index is 385. The Hall–Kier alpha value is -1.20. The van der Waals surface area contributed by atoms with Gasteiger partial charge in [0, 0.05) is 0 Å². The molecule has 0 bridgehead atoms. The molecular formula is C10H13NO4. The third-order valence-electron chi connectivity index (χ3n) is 2.96. The molecule has 0 aromatic carbocycles. The fraction of sp³-hybridized carbons (Fsp3) is 0.600. The largest absolute Gasteiger partial charge is 0.368 e. The lowest BCUT2D eigenvalue weighted by Crippen LogP contribution is -2.45. The van der Waals surface area contributed by atoms with Gasteiger partial charge >= 0.3 is 0 Å². The van der Waals surface area contributed by atoms with Crippen molar-refractivity contribution in [3.8, 4) is 0 Å². The molecule has 82 valence electrons. The van der Waals surface area contributed by atoms with Crippen LogP contribution in [0.15, 0.2) is 11.6 Å². The number of fused-ring (bicyclic) bond motifs is 1. The Morgan fingerprint density at radius 3 is 2.60 bits per heavy atom. The number of Topliss-reactive ketones (excluding diaryl/α,β-unsaturated/α-hetero) is 1. The van der Waals surface area contributed by atoms with E-state index >= 15 is 0 Å². The van der Waals surface area contributed by atoms with Crippen molar-refractivity contribution in [2.45, 2.75) is 38.2 Å². The van der Waals surface area contributed by atoms with Crippen LogP contribution in [0.25, 0.3) is 0 Å². The van der Waals surface area contributed by atoms with Crippen LogP contribution in [0.4, 0.5) is 0 Å². The van der Waals surface area contributed by atoms with Crippen molar-refractivity contribution < 1.29 is 19.4 Å². The third kappa shape index (κ3) is 1.10. The number of carbonyl (C=O) groups excluding carboxylic acids is 2. The molecule has 0 radical (unpaired) electrons. The molecule has 2 rings (SSSR count). The minimum Gasteiger partial charge on any atom is -0.368 e. The number of hydrogen-bond acceptors (Lipinski definition) is 4. The van der Waals surface area contributed by atoms with Crippen LogP contribution < -0.4 is 5.32 Å². The van der Waals surface area contributed by atoms with Crippen LogP contribution in [0, 0.1) is 0 Å². The van der Waals surface area contributed by atoms with Crippen LogP contribution in [-0.2, 0) is 14.3 Å². The van der Waals surface area contributed by atoms with Gasteiger partial charge in [0.05, 0.1) is 0 Å². The van der Waals surface area contributed by atoms with Gasteiger partial charge in [0.1, 0.15) is 0 Å². The number of aliphatic hydroxyl groups is 1. The summed E-state index contributed by atoms with van der Waals surface area (Å²) < 4.78 is 5.10. The van der Waals surface area contributed by atoms with Crippen LogP contribution in [0.2, 0.25) is 0 Å². The third-order valence-corrected chi connectivity index (χ3v) is 2.96. The summed E-state index contributed by atoms with van der Waals surface area (Å²) in [4.78, 5) is 23.4. The lowest BCUT2D eigenvalue weighted by Gasteiger charge is -2.16. The number of morpholine rings is 1. The maximum atomic E-state index is 11.9. The van der Waals surface area contributed by atoms with Gasteiger partial charge in [-0.05, 0) is 26.3 Å². The average molecular weight is 211 g/mol. The molecule has 1 unspecified atom stereocenters. The topological polar surface area (TPSA) is 78.9 Å². The normalized spacial score (nSPS) is 43.6. The van der Waals surface area contributed by atoms with Crippen LogP contribution in [0.5, 0.6) is 0 Å². The molecular weight excluding hydrogens is 198 g/mol. The molecule has 2 fully saturated rings. The number of ketones is 1. The van der Waals surface area contributed by atoms with Gasteiger partial charge in [-0.3, -0.25) is 9.59 Å². The number of ether oxygens (including phenoxy) is 1. The average Bonchev–Trinajstić information content (AvgIpc) is 2.87. The molecule has 5 heteroatoms. The molecule has 0 aliphatic carbocycles. The lowest BCUT2D eigenvalue weighted by molar-refractivity contribution is -0.137. The number of carbonyl (C=O) groups is 2. The second kappa shape index (κ2) is 2.68. The zero-order chi connectivity index (χ0) is 11.4. The molecule has 15 heavy (non-hydrogen) atoms. The van der Waals surface area contributed by atoms with Crippen LogP contribution in [0.3, 0.4) is 0 Å². The highest BCUT2D eigenvalue weighted by Gasteiger charge is 2.79. The summed E-state index contributed by atoms with van der Waals surface area (Å²) in [5, 5.41) is 12.1. The lowest BCUT2D eigenvalue weighted by atomic mass is 9.94. The maximum absolute atomic E-state index is 11.9. The summed E-state index contributed by atoms with van der Waals surface area (Å²) >= 11 is 0. The Morgan fingerprint density at radius 1 is 1.67 bits per heavy atom. The maximum Gasteiger partial charge on any atom is 0.265 e. The first kappa shape index (κ1) is 10.3. The Balaban J connectivity index is 2.34. The van der Waals surface area contributed by atoms with Crippen molar-refractivity contribution in [2.24, 2.45) is 0 Å². The molecule has 1 amide bonds. The predicted octanol–water partition coefficient (Wildman–Crippen LogP) is -0.502. The highest BCUT2D eigenvalue weighted by atomic mass is 16.6. The Labute approximate surface area is 87.1 Å².